The summed E-state index contributed by atoms with van der Waals surface area (Å²) in [5.41, 5.74) is 1.07. The molecule has 2 atom stereocenters. The number of nitrogens with zero attached hydrogens (tertiary/aromatic N) is 1. The van der Waals surface area contributed by atoms with Gasteiger partial charge in [0.1, 0.15) is 15.9 Å². The normalized spacial score (nSPS) is 23.7. The number of thioether (sulfide) groups is 1. The third-order valence-electron chi connectivity index (χ3n) is 2.09. The van der Waals surface area contributed by atoms with Crippen LogP contribution in [0.1, 0.15) is 13.8 Å². The summed E-state index contributed by atoms with van der Waals surface area (Å²) in [4.78, 5) is 33.6. The van der Waals surface area contributed by atoms with Crippen molar-refractivity contribution in [2.75, 3.05) is 0 Å². The minimum absolute atomic E-state index is 0.0555. The van der Waals surface area contributed by atoms with Gasteiger partial charge in [0.15, 0.2) is 5.62 Å². The summed E-state index contributed by atoms with van der Waals surface area (Å²) in [5.74, 6) is -1.50. The summed E-state index contributed by atoms with van der Waals surface area (Å²) in [6.45, 7) is 3.22. The SMILES string of the molecule is CC(C)=C(C(=O)O)N1C(=O)C(Br)C1SC=O. The van der Waals surface area contributed by atoms with E-state index in [2.05, 4.69) is 15.9 Å². The number of allylic oxidation sites excluding steroid dienone is 1. The highest BCUT2D eigenvalue weighted by atomic mass is 79.9. The molecular weight excluding hydrogens is 298 g/mol. The predicted octanol–water partition coefficient (Wildman–Crippen LogP) is 1.22. The van der Waals surface area contributed by atoms with Crippen molar-refractivity contribution in [2.45, 2.75) is 24.0 Å². The Hall–Kier alpha value is -0.820. The molecule has 1 amide bonds. The van der Waals surface area contributed by atoms with E-state index in [4.69, 9.17) is 5.11 Å². The van der Waals surface area contributed by atoms with Gasteiger partial charge in [-0.1, -0.05) is 27.7 Å². The second kappa shape index (κ2) is 5.01. The highest BCUT2D eigenvalue weighted by Gasteiger charge is 2.49. The van der Waals surface area contributed by atoms with E-state index in [0.29, 0.717) is 11.2 Å². The fraction of sp³-hybridized carbons (Fsp3) is 0.444. The van der Waals surface area contributed by atoms with E-state index in [1.807, 2.05) is 0 Å². The molecule has 1 heterocycles. The minimum Gasteiger partial charge on any atom is -0.477 e. The Morgan fingerprint density at radius 1 is 1.56 bits per heavy atom. The molecule has 1 saturated heterocycles. The molecular formula is C9H10BrNO4S. The maximum atomic E-state index is 11.5. The topological polar surface area (TPSA) is 74.7 Å². The zero-order chi connectivity index (χ0) is 12.5. The summed E-state index contributed by atoms with van der Waals surface area (Å²) in [5, 5.41) is 8.52. The van der Waals surface area contributed by atoms with Gasteiger partial charge < -0.3 is 5.11 Å². The van der Waals surface area contributed by atoms with Gasteiger partial charge in [0.05, 0.1) is 0 Å². The minimum atomic E-state index is -1.16. The van der Waals surface area contributed by atoms with Crippen LogP contribution in [0, 0.1) is 0 Å². The molecule has 0 aliphatic carbocycles. The smallest absolute Gasteiger partial charge is 0.352 e. The molecule has 0 aromatic carbocycles. The standard InChI is InChI=1S/C9H10BrNO4S/c1-4(2)6(9(14)15)11-7(13)5(10)8(11)16-3-12/h3,5,8H,1-2H3,(H,14,15). The number of carboxylic acids is 1. The highest BCUT2D eigenvalue weighted by Crippen LogP contribution is 2.37. The summed E-state index contributed by atoms with van der Waals surface area (Å²) in [7, 11) is 0. The molecule has 1 aliphatic rings. The van der Waals surface area contributed by atoms with Crippen molar-refractivity contribution in [1.82, 2.24) is 4.90 Å². The Kier molecular flexibility index (Phi) is 4.15. The van der Waals surface area contributed by atoms with Crippen LogP contribution in [0.15, 0.2) is 11.3 Å². The van der Waals surface area contributed by atoms with E-state index in [0.717, 1.165) is 16.7 Å². The van der Waals surface area contributed by atoms with Crippen LogP contribution in [0.2, 0.25) is 0 Å². The lowest BCUT2D eigenvalue weighted by Gasteiger charge is -2.43. The number of amides is 1. The number of carboxylic acid groups (broad SMARTS) is 1. The van der Waals surface area contributed by atoms with Crippen molar-refractivity contribution in [3.63, 3.8) is 0 Å². The second-order valence-corrected chi connectivity index (χ2v) is 5.32. The number of aliphatic carboxylic acids is 1. The van der Waals surface area contributed by atoms with Gasteiger partial charge in [0, 0.05) is 0 Å². The first-order valence-electron chi connectivity index (χ1n) is 4.38. The van der Waals surface area contributed by atoms with Crippen molar-refractivity contribution in [1.29, 1.82) is 0 Å². The molecule has 1 N–H and O–H groups in total. The average molecular weight is 308 g/mol. The molecule has 0 spiro atoms. The molecule has 0 bridgehead atoms. The largest absolute Gasteiger partial charge is 0.477 e. The third kappa shape index (κ3) is 2.15. The van der Waals surface area contributed by atoms with Crippen LogP contribution in [0.5, 0.6) is 0 Å². The number of likely N-dealkylation sites (tertiary alicyclic amines) is 1. The van der Waals surface area contributed by atoms with E-state index >= 15 is 0 Å². The van der Waals surface area contributed by atoms with E-state index in [1.165, 1.54) is 0 Å². The lowest BCUT2D eigenvalue weighted by Crippen LogP contribution is -2.60. The van der Waals surface area contributed by atoms with Gasteiger partial charge in [-0.3, -0.25) is 14.5 Å². The van der Waals surface area contributed by atoms with Gasteiger partial charge >= 0.3 is 5.97 Å². The summed E-state index contributed by atoms with van der Waals surface area (Å²) in [6, 6.07) is 0. The van der Waals surface area contributed by atoms with Gasteiger partial charge in [0.2, 0.25) is 5.91 Å². The Morgan fingerprint density at radius 2 is 2.12 bits per heavy atom. The Labute approximate surface area is 105 Å². The molecule has 5 nitrogen and oxygen atoms in total. The van der Waals surface area contributed by atoms with Crippen LogP contribution in [-0.2, 0) is 14.4 Å². The van der Waals surface area contributed by atoms with Crippen molar-refractivity contribution in [3.8, 4) is 0 Å². The second-order valence-electron chi connectivity index (χ2n) is 3.39. The first-order chi connectivity index (χ1) is 7.41. The zero-order valence-electron chi connectivity index (χ0n) is 8.64. The van der Waals surface area contributed by atoms with Crippen LogP contribution in [0.3, 0.4) is 0 Å². The third-order valence-corrected chi connectivity index (χ3v) is 4.21. The Morgan fingerprint density at radius 3 is 2.50 bits per heavy atom. The van der Waals surface area contributed by atoms with Crippen molar-refractivity contribution >= 4 is 45.2 Å². The van der Waals surface area contributed by atoms with Crippen molar-refractivity contribution in [3.05, 3.63) is 11.3 Å². The van der Waals surface area contributed by atoms with Crippen LogP contribution in [0.25, 0.3) is 0 Å². The number of hydrogen-bond donors (Lipinski definition) is 1. The molecule has 1 fully saturated rings. The number of alkyl halides is 1. The molecule has 16 heavy (non-hydrogen) atoms. The number of hydrogen-bond acceptors (Lipinski definition) is 4. The van der Waals surface area contributed by atoms with Gasteiger partial charge in [0.25, 0.3) is 0 Å². The molecule has 1 rings (SSSR count). The van der Waals surface area contributed by atoms with Gasteiger partial charge in [-0.25, -0.2) is 4.79 Å². The Balaban J connectivity index is 3.02. The van der Waals surface area contributed by atoms with Crippen LogP contribution < -0.4 is 0 Å². The molecule has 2 unspecified atom stereocenters. The lowest BCUT2D eigenvalue weighted by molar-refractivity contribution is -0.145. The van der Waals surface area contributed by atoms with E-state index < -0.39 is 16.2 Å². The van der Waals surface area contributed by atoms with E-state index in [1.54, 1.807) is 13.8 Å². The molecule has 0 saturated carbocycles. The fourth-order valence-electron chi connectivity index (χ4n) is 1.41. The number of halogens is 1. The number of β-lactam (4-membered cyclic amide) rings is 1. The van der Waals surface area contributed by atoms with E-state index in [-0.39, 0.29) is 11.6 Å². The zero-order valence-corrected chi connectivity index (χ0v) is 11.0. The first kappa shape index (κ1) is 13.2. The van der Waals surface area contributed by atoms with Gasteiger partial charge in [-0.05, 0) is 19.4 Å². The summed E-state index contributed by atoms with van der Waals surface area (Å²) < 4.78 is 0. The maximum absolute atomic E-state index is 11.5. The van der Waals surface area contributed by atoms with Crippen LogP contribution in [-0.4, -0.2) is 37.7 Å². The molecule has 0 aromatic rings. The summed E-state index contributed by atoms with van der Waals surface area (Å²) >= 11 is 3.99. The highest BCUT2D eigenvalue weighted by molar-refractivity contribution is 9.10. The quantitative estimate of drug-likeness (QED) is 0.366. The first-order valence-corrected chi connectivity index (χ1v) is 6.24. The monoisotopic (exact) mass is 307 g/mol. The summed E-state index contributed by atoms with van der Waals surface area (Å²) in [6.07, 6.45) is 0. The molecule has 88 valence electrons. The van der Waals surface area contributed by atoms with Gasteiger partial charge in [-0.2, -0.15) is 0 Å². The predicted molar refractivity (Wildman–Crippen MR) is 63.7 cm³/mol. The molecule has 1 aliphatic heterocycles. The average Bonchev–Trinajstić information content (AvgIpc) is 2.21. The number of carbonyl (C=O) groups is 3. The van der Waals surface area contributed by atoms with Crippen LogP contribution in [0.4, 0.5) is 0 Å². The molecule has 0 radical (unpaired) electrons. The Bertz CT molecular complexity index is 378. The number of carbonyl (C=O) groups excluding carboxylic acids is 2. The molecule has 7 heteroatoms. The fourth-order valence-corrected chi connectivity index (χ4v) is 2.94. The maximum Gasteiger partial charge on any atom is 0.352 e. The lowest BCUT2D eigenvalue weighted by atomic mass is 10.1. The van der Waals surface area contributed by atoms with Crippen LogP contribution >= 0.6 is 27.7 Å². The van der Waals surface area contributed by atoms with Gasteiger partial charge in [-0.15, -0.1) is 0 Å². The van der Waals surface area contributed by atoms with Crippen molar-refractivity contribution in [2.24, 2.45) is 0 Å². The molecule has 0 aromatic heterocycles. The number of rotatable bonds is 4. The van der Waals surface area contributed by atoms with Crippen molar-refractivity contribution < 1.29 is 19.5 Å². The van der Waals surface area contributed by atoms with E-state index in [9.17, 15) is 14.4 Å².